The van der Waals surface area contributed by atoms with Crippen LogP contribution in [0.25, 0.3) is 11.2 Å². The van der Waals surface area contributed by atoms with Crippen molar-refractivity contribution in [3.8, 4) is 0 Å². The number of benzene rings is 1. The van der Waals surface area contributed by atoms with E-state index in [9.17, 15) is 0 Å². The molecule has 2 N–H and O–H groups in total. The molecule has 3 aromatic rings. The maximum absolute atomic E-state index is 5.82. The number of fused-ring (bicyclic) bond motifs is 1. The van der Waals surface area contributed by atoms with Crippen LogP contribution in [0.2, 0.25) is 0 Å². The van der Waals surface area contributed by atoms with Crippen LogP contribution in [-0.2, 0) is 6.42 Å². The molecule has 0 radical (unpaired) electrons. The van der Waals surface area contributed by atoms with Crippen molar-refractivity contribution in [2.45, 2.75) is 25.3 Å². The molecule has 4 rings (SSSR count). The first-order valence-electron chi connectivity index (χ1n) is 6.97. The van der Waals surface area contributed by atoms with Crippen LogP contribution < -0.4 is 5.73 Å². The van der Waals surface area contributed by atoms with E-state index in [1.54, 1.807) is 6.20 Å². The van der Waals surface area contributed by atoms with Crippen molar-refractivity contribution in [3.63, 3.8) is 0 Å². The van der Waals surface area contributed by atoms with E-state index in [2.05, 4.69) is 33.8 Å². The minimum absolute atomic E-state index is 0.565. The summed E-state index contributed by atoms with van der Waals surface area (Å²) < 4.78 is 2.29. The molecule has 1 aliphatic rings. The highest BCUT2D eigenvalue weighted by atomic mass is 15.2. The number of nitrogens with zero attached hydrogens (tertiary/aromatic N) is 3. The monoisotopic (exact) mass is 264 g/mol. The van der Waals surface area contributed by atoms with Crippen LogP contribution in [0.3, 0.4) is 0 Å². The largest absolute Gasteiger partial charge is 0.397 e. The molecule has 4 nitrogen and oxygen atoms in total. The zero-order valence-electron chi connectivity index (χ0n) is 11.2. The van der Waals surface area contributed by atoms with Crippen molar-refractivity contribution in [2.75, 3.05) is 5.73 Å². The summed E-state index contributed by atoms with van der Waals surface area (Å²) in [6, 6.07) is 12.9. The Morgan fingerprint density at radius 3 is 2.75 bits per heavy atom. The molecule has 2 aromatic heterocycles. The summed E-state index contributed by atoms with van der Waals surface area (Å²) in [6.45, 7) is 0. The van der Waals surface area contributed by atoms with Gasteiger partial charge in [-0.3, -0.25) is 0 Å². The van der Waals surface area contributed by atoms with Gasteiger partial charge >= 0.3 is 0 Å². The van der Waals surface area contributed by atoms with Crippen molar-refractivity contribution in [3.05, 3.63) is 54.0 Å². The standard InChI is InChI=1S/C16H16N4/c17-12-9-14-16(18-10-12)20(13-6-7-13)15(19-14)8-11-4-2-1-3-5-11/h1-5,9-10,13H,6-8,17H2. The molecule has 0 spiro atoms. The average molecular weight is 264 g/mol. The lowest BCUT2D eigenvalue weighted by atomic mass is 10.1. The number of nitrogens with two attached hydrogens (primary N) is 1. The van der Waals surface area contributed by atoms with Crippen molar-refractivity contribution < 1.29 is 0 Å². The lowest BCUT2D eigenvalue weighted by molar-refractivity contribution is 0.709. The number of aromatic nitrogens is 3. The smallest absolute Gasteiger partial charge is 0.160 e. The third-order valence-corrected chi connectivity index (χ3v) is 3.74. The van der Waals surface area contributed by atoms with Crippen LogP contribution in [0.4, 0.5) is 5.69 Å². The lowest BCUT2D eigenvalue weighted by Crippen LogP contribution is -2.03. The maximum atomic E-state index is 5.82. The molecule has 0 saturated heterocycles. The fraction of sp³-hybridized carbons (Fsp3) is 0.250. The van der Waals surface area contributed by atoms with Crippen LogP contribution in [0.1, 0.15) is 30.3 Å². The number of nitrogen functional groups attached to an aromatic ring is 1. The van der Waals surface area contributed by atoms with Gasteiger partial charge < -0.3 is 10.3 Å². The van der Waals surface area contributed by atoms with Crippen LogP contribution in [-0.4, -0.2) is 14.5 Å². The Morgan fingerprint density at radius 2 is 2.00 bits per heavy atom. The van der Waals surface area contributed by atoms with Gasteiger partial charge in [0.15, 0.2) is 5.65 Å². The summed E-state index contributed by atoms with van der Waals surface area (Å²) >= 11 is 0. The molecule has 100 valence electrons. The molecule has 0 bridgehead atoms. The summed E-state index contributed by atoms with van der Waals surface area (Å²) in [7, 11) is 0. The number of imidazole rings is 1. The van der Waals surface area contributed by atoms with E-state index in [1.807, 2.05) is 12.1 Å². The van der Waals surface area contributed by atoms with Gasteiger partial charge in [-0.15, -0.1) is 0 Å². The van der Waals surface area contributed by atoms with E-state index in [0.717, 1.165) is 23.4 Å². The summed E-state index contributed by atoms with van der Waals surface area (Å²) in [6.07, 6.45) is 5.00. The van der Waals surface area contributed by atoms with Gasteiger partial charge in [0.05, 0.1) is 11.9 Å². The molecular weight excluding hydrogens is 248 g/mol. The number of anilines is 1. The Labute approximate surface area is 117 Å². The Hall–Kier alpha value is -2.36. The van der Waals surface area contributed by atoms with Gasteiger partial charge in [-0.2, -0.15) is 0 Å². The maximum Gasteiger partial charge on any atom is 0.160 e. The second-order valence-corrected chi connectivity index (χ2v) is 5.40. The summed E-state index contributed by atoms with van der Waals surface area (Å²) in [4.78, 5) is 9.23. The molecule has 0 atom stereocenters. The molecule has 0 aliphatic heterocycles. The summed E-state index contributed by atoms with van der Waals surface area (Å²) in [5.41, 5.74) is 9.63. The first-order chi connectivity index (χ1) is 9.81. The zero-order valence-corrected chi connectivity index (χ0v) is 11.2. The normalized spacial score (nSPS) is 14.8. The molecule has 20 heavy (non-hydrogen) atoms. The van der Waals surface area contributed by atoms with E-state index >= 15 is 0 Å². The molecule has 0 amide bonds. The van der Waals surface area contributed by atoms with Crippen molar-refractivity contribution in [1.29, 1.82) is 0 Å². The van der Waals surface area contributed by atoms with Crippen LogP contribution in [0, 0.1) is 0 Å². The van der Waals surface area contributed by atoms with E-state index in [4.69, 9.17) is 10.7 Å². The second kappa shape index (κ2) is 4.34. The Balaban J connectivity index is 1.83. The van der Waals surface area contributed by atoms with Gasteiger partial charge in [0, 0.05) is 12.5 Å². The fourth-order valence-electron chi connectivity index (χ4n) is 2.66. The van der Waals surface area contributed by atoms with Crippen molar-refractivity contribution in [2.24, 2.45) is 0 Å². The first-order valence-corrected chi connectivity index (χ1v) is 6.97. The lowest BCUT2D eigenvalue weighted by Gasteiger charge is -2.06. The highest BCUT2D eigenvalue weighted by molar-refractivity contribution is 5.75. The molecule has 2 heterocycles. The predicted octanol–water partition coefficient (Wildman–Crippen LogP) is 2.94. The van der Waals surface area contributed by atoms with Crippen molar-refractivity contribution >= 4 is 16.9 Å². The molecule has 1 aliphatic carbocycles. The fourth-order valence-corrected chi connectivity index (χ4v) is 2.66. The van der Waals surface area contributed by atoms with E-state index in [0.29, 0.717) is 11.7 Å². The van der Waals surface area contributed by atoms with Gasteiger partial charge in [0.25, 0.3) is 0 Å². The van der Waals surface area contributed by atoms with Gasteiger partial charge in [-0.25, -0.2) is 9.97 Å². The number of rotatable bonds is 3. The highest BCUT2D eigenvalue weighted by Crippen LogP contribution is 2.38. The topological polar surface area (TPSA) is 56.7 Å². The first kappa shape index (κ1) is 11.5. The molecule has 1 saturated carbocycles. The van der Waals surface area contributed by atoms with E-state index in [-0.39, 0.29) is 0 Å². The molecule has 4 heteroatoms. The average Bonchev–Trinajstić information content (AvgIpc) is 3.22. The number of pyridine rings is 1. The Morgan fingerprint density at radius 1 is 1.20 bits per heavy atom. The summed E-state index contributed by atoms with van der Waals surface area (Å²) in [5, 5.41) is 0. The Kier molecular flexibility index (Phi) is 2.49. The van der Waals surface area contributed by atoms with Gasteiger partial charge in [0.2, 0.25) is 0 Å². The summed E-state index contributed by atoms with van der Waals surface area (Å²) in [5.74, 6) is 1.09. The predicted molar refractivity (Wildman–Crippen MR) is 79.5 cm³/mol. The number of hydrogen-bond donors (Lipinski definition) is 1. The number of hydrogen-bond acceptors (Lipinski definition) is 3. The van der Waals surface area contributed by atoms with Gasteiger partial charge in [-0.1, -0.05) is 30.3 Å². The van der Waals surface area contributed by atoms with Gasteiger partial charge in [0.1, 0.15) is 11.3 Å². The van der Waals surface area contributed by atoms with E-state index in [1.165, 1.54) is 18.4 Å². The van der Waals surface area contributed by atoms with E-state index < -0.39 is 0 Å². The second-order valence-electron chi connectivity index (χ2n) is 5.40. The Bertz CT molecular complexity index is 757. The van der Waals surface area contributed by atoms with Crippen LogP contribution in [0.15, 0.2) is 42.6 Å². The molecule has 1 aromatic carbocycles. The third kappa shape index (κ3) is 1.93. The van der Waals surface area contributed by atoms with Gasteiger partial charge in [-0.05, 0) is 24.5 Å². The molecule has 1 fully saturated rings. The molecular formula is C16H16N4. The minimum Gasteiger partial charge on any atom is -0.397 e. The van der Waals surface area contributed by atoms with Crippen LogP contribution >= 0.6 is 0 Å². The highest BCUT2D eigenvalue weighted by Gasteiger charge is 2.28. The van der Waals surface area contributed by atoms with Crippen LogP contribution in [0.5, 0.6) is 0 Å². The van der Waals surface area contributed by atoms with Crippen molar-refractivity contribution in [1.82, 2.24) is 14.5 Å². The molecule has 0 unspecified atom stereocenters. The zero-order chi connectivity index (χ0) is 13.5. The SMILES string of the molecule is Nc1cnc2c(c1)nc(Cc1ccccc1)n2C1CC1. The third-order valence-electron chi connectivity index (χ3n) is 3.74. The minimum atomic E-state index is 0.565. The quantitative estimate of drug-likeness (QED) is 0.791.